The van der Waals surface area contributed by atoms with Gasteiger partial charge < -0.3 is 10.0 Å². The minimum Gasteiger partial charge on any atom is -0.395 e. The zero-order chi connectivity index (χ0) is 11.5. The fourth-order valence-electron chi connectivity index (χ4n) is 2.47. The van der Waals surface area contributed by atoms with Gasteiger partial charge in [0.25, 0.3) is 5.70 Å². The van der Waals surface area contributed by atoms with Gasteiger partial charge in [0.15, 0.2) is 0 Å². The summed E-state index contributed by atoms with van der Waals surface area (Å²) in [6.07, 6.45) is 6.32. The first kappa shape index (κ1) is 11.1. The molecule has 0 aromatic carbocycles. The number of nitrogens with zero attached hydrogens (tertiary/aromatic N) is 2. The number of likely N-dealkylation sites (tertiary alicyclic amines) is 1. The molecule has 0 aromatic heterocycles. The first-order valence-electron chi connectivity index (χ1n) is 5.64. The normalized spacial score (nSPS) is 24.6. The highest BCUT2D eigenvalue weighted by atomic mass is 16.6. The van der Waals surface area contributed by atoms with Gasteiger partial charge in [-0.2, -0.15) is 0 Å². The topological polar surface area (TPSA) is 66.6 Å². The van der Waals surface area contributed by atoms with Crippen LogP contribution < -0.4 is 0 Å². The van der Waals surface area contributed by atoms with Crippen LogP contribution in [0.25, 0.3) is 0 Å². The highest BCUT2D eigenvalue weighted by molar-refractivity contribution is 5.25. The van der Waals surface area contributed by atoms with Gasteiger partial charge in [-0.1, -0.05) is 0 Å². The van der Waals surface area contributed by atoms with Crippen molar-refractivity contribution < 1.29 is 10.0 Å². The molecule has 1 fully saturated rings. The fraction of sp³-hybridized carbons (Fsp3) is 0.636. The minimum absolute atomic E-state index is 0.0988. The zero-order valence-electron chi connectivity index (χ0n) is 9.13. The number of nitro groups is 1. The lowest BCUT2D eigenvalue weighted by atomic mass is 9.87. The Labute approximate surface area is 94.2 Å². The van der Waals surface area contributed by atoms with E-state index in [4.69, 9.17) is 5.11 Å². The highest BCUT2D eigenvalue weighted by Gasteiger charge is 2.29. The molecule has 0 bridgehead atoms. The van der Waals surface area contributed by atoms with Gasteiger partial charge in [0.1, 0.15) is 0 Å². The number of fused-ring (bicyclic) bond motifs is 1. The van der Waals surface area contributed by atoms with E-state index >= 15 is 0 Å². The summed E-state index contributed by atoms with van der Waals surface area (Å²) in [5, 5.41) is 19.7. The lowest BCUT2D eigenvalue weighted by Gasteiger charge is -2.37. The van der Waals surface area contributed by atoms with Crippen LogP contribution in [0.3, 0.4) is 0 Å². The molecule has 1 aliphatic carbocycles. The SMILES string of the molecule is O=[N+]([O-])C1=CCC2CCCN(CCO)C2=C1. The lowest BCUT2D eigenvalue weighted by Crippen LogP contribution is -2.36. The van der Waals surface area contributed by atoms with Gasteiger partial charge in [-0.15, -0.1) is 0 Å². The van der Waals surface area contributed by atoms with E-state index in [0.29, 0.717) is 12.5 Å². The monoisotopic (exact) mass is 224 g/mol. The molecule has 16 heavy (non-hydrogen) atoms. The van der Waals surface area contributed by atoms with E-state index in [1.54, 1.807) is 12.2 Å². The molecule has 0 aromatic rings. The van der Waals surface area contributed by atoms with Crippen molar-refractivity contribution in [1.82, 2.24) is 4.90 Å². The molecular weight excluding hydrogens is 208 g/mol. The maximum atomic E-state index is 10.7. The Morgan fingerprint density at radius 3 is 3.12 bits per heavy atom. The Morgan fingerprint density at radius 1 is 1.62 bits per heavy atom. The van der Waals surface area contributed by atoms with Crippen LogP contribution in [0.2, 0.25) is 0 Å². The van der Waals surface area contributed by atoms with Crippen molar-refractivity contribution in [3.05, 3.63) is 33.7 Å². The van der Waals surface area contributed by atoms with Gasteiger partial charge in [-0.3, -0.25) is 10.1 Å². The molecule has 1 N–H and O–H groups in total. The third-order valence-corrected chi connectivity index (χ3v) is 3.25. The number of piperidine rings is 1. The van der Waals surface area contributed by atoms with Crippen LogP contribution in [0.5, 0.6) is 0 Å². The molecule has 2 rings (SSSR count). The summed E-state index contributed by atoms with van der Waals surface area (Å²) in [5.74, 6) is 0.406. The van der Waals surface area contributed by atoms with Crippen molar-refractivity contribution in [3.8, 4) is 0 Å². The predicted octanol–water partition coefficient (Wildman–Crippen LogP) is 1.14. The van der Waals surface area contributed by atoms with E-state index in [0.717, 1.165) is 31.5 Å². The molecule has 2 aliphatic rings. The van der Waals surface area contributed by atoms with Crippen LogP contribution in [0.1, 0.15) is 19.3 Å². The Kier molecular flexibility index (Phi) is 3.24. The Hall–Kier alpha value is -1.36. The number of β-amino-alcohol motifs (C(OH)–C–C–N with tert-alkyl or cyclic N) is 1. The second kappa shape index (κ2) is 4.65. The van der Waals surface area contributed by atoms with E-state index in [9.17, 15) is 10.1 Å². The van der Waals surface area contributed by atoms with Crippen LogP contribution in [0, 0.1) is 16.0 Å². The van der Waals surface area contributed by atoms with Crippen molar-refractivity contribution in [3.63, 3.8) is 0 Å². The minimum atomic E-state index is -0.338. The summed E-state index contributed by atoms with van der Waals surface area (Å²) >= 11 is 0. The Bertz CT molecular complexity index is 347. The Balaban J connectivity index is 2.20. The maximum absolute atomic E-state index is 10.7. The maximum Gasteiger partial charge on any atom is 0.267 e. The molecular formula is C11H16N2O3. The molecule has 1 atom stereocenters. The van der Waals surface area contributed by atoms with Crippen molar-refractivity contribution in [2.45, 2.75) is 19.3 Å². The standard InChI is InChI=1S/C11H16N2O3/c14-7-6-12-5-1-2-9-3-4-10(13(15)16)8-11(9)12/h4,8-9,14H,1-3,5-7H2. The second-order valence-electron chi connectivity index (χ2n) is 4.24. The molecule has 1 aliphatic heterocycles. The first-order chi connectivity index (χ1) is 7.72. The predicted molar refractivity (Wildman–Crippen MR) is 59.2 cm³/mol. The molecule has 0 amide bonds. The number of aliphatic hydroxyl groups excluding tert-OH is 1. The average molecular weight is 224 g/mol. The summed E-state index contributed by atoms with van der Waals surface area (Å²) in [6.45, 7) is 1.57. The second-order valence-corrected chi connectivity index (χ2v) is 4.24. The van der Waals surface area contributed by atoms with Gasteiger partial charge in [-0.05, 0) is 25.3 Å². The third-order valence-electron chi connectivity index (χ3n) is 3.25. The van der Waals surface area contributed by atoms with E-state index in [-0.39, 0.29) is 17.2 Å². The van der Waals surface area contributed by atoms with Crippen LogP contribution in [0.4, 0.5) is 0 Å². The van der Waals surface area contributed by atoms with E-state index in [1.165, 1.54) is 0 Å². The van der Waals surface area contributed by atoms with E-state index < -0.39 is 0 Å². The Morgan fingerprint density at radius 2 is 2.44 bits per heavy atom. The van der Waals surface area contributed by atoms with Crippen molar-refractivity contribution in [2.24, 2.45) is 5.92 Å². The third kappa shape index (κ3) is 2.09. The van der Waals surface area contributed by atoms with Gasteiger partial charge in [0.05, 0.1) is 11.5 Å². The molecule has 0 radical (unpaired) electrons. The van der Waals surface area contributed by atoms with Crippen LogP contribution in [-0.2, 0) is 0 Å². The molecule has 5 heteroatoms. The molecule has 0 spiro atoms. The van der Waals surface area contributed by atoms with E-state index in [2.05, 4.69) is 4.90 Å². The highest BCUT2D eigenvalue weighted by Crippen LogP contribution is 2.34. The summed E-state index contributed by atoms with van der Waals surface area (Å²) < 4.78 is 0. The van der Waals surface area contributed by atoms with Gasteiger partial charge in [-0.25, -0.2) is 0 Å². The summed E-state index contributed by atoms with van der Waals surface area (Å²) in [6, 6.07) is 0. The van der Waals surface area contributed by atoms with Crippen LogP contribution >= 0.6 is 0 Å². The summed E-state index contributed by atoms with van der Waals surface area (Å²) in [7, 11) is 0. The largest absolute Gasteiger partial charge is 0.395 e. The number of hydrogen-bond donors (Lipinski definition) is 1. The van der Waals surface area contributed by atoms with Crippen molar-refractivity contribution in [1.29, 1.82) is 0 Å². The number of rotatable bonds is 3. The van der Waals surface area contributed by atoms with Crippen molar-refractivity contribution >= 4 is 0 Å². The van der Waals surface area contributed by atoms with E-state index in [1.807, 2.05) is 0 Å². The van der Waals surface area contributed by atoms with Gasteiger partial charge in [0.2, 0.25) is 0 Å². The van der Waals surface area contributed by atoms with Crippen LogP contribution in [-0.4, -0.2) is 34.6 Å². The first-order valence-corrected chi connectivity index (χ1v) is 5.64. The molecule has 1 heterocycles. The van der Waals surface area contributed by atoms with Gasteiger partial charge >= 0.3 is 0 Å². The fourth-order valence-corrected chi connectivity index (χ4v) is 2.47. The summed E-state index contributed by atoms with van der Waals surface area (Å²) in [4.78, 5) is 12.5. The summed E-state index contributed by atoms with van der Waals surface area (Å²) in [5.41, 5.74) is 1.23. The molecule has 5 nitrogen and oxygen atoms in total. The van der Waals surface area contributed by atoms with Crippen LogP contribution in [0.15, 0.2) is 23.5 Å². The smallest absolute Gasteiger partial charge is 0.267 e. The average Bonchev–Trinajstić information content (AvgIpc) is 2.29. The zero-order valence-corrected chi connectivity index (χ0v) is 9.13. The number of aliphatic hydroxyl groups is 1. The number of hydrogen-bond acceptors (Lipinski definition) is 4. The molecule has 1 unspecified atom stereocenters. The molecule has 0 saturated carbocycles. The van der Waals surface area contributed by atoms with Gasteiger partial charge in [0, 0.05) is 30.8 Å². The van der Waals surface area contributed by atoms with Crippen molar-refractivity contribution in [2.75, 3.05) is 19.7 Å². The lowest BCUT2D eigenvalue weighted by molar-refractivity contribution is -0.419. The number of allylic oxidation sites excluding steroid dienone is 3. The molecule has 1 saturated heterocycles. The quantitative estimate of drug-likeness (QED) is 0.576. The molecule has 88 valence electrons.